The molecule has 0 radical (unpaired) electrons. The summed E-state index contributed by atoms with van der Waals surface area (Å²) >= 11 is 12.6. The third-order valence-electron chi connectivity index (χ3n) is 7.86. The lowest BCUT2D eigenvalue weighted by molar-refractivity contribution is -0.605. The third-order valence-corrected chi connectivity index (χ3v) is 9.35. The van der Waals surface area contributed by atoms with E-state index >= 15 is 0 Å². The van der Waals surface area contributed by atoms with Crippen molar-refractivity contribution in [2.45, 2.75) is 57.0 Å². The molecule has 0 spiro atoms. The lowest BCUT2D eigenvalue weighted by Gasteiger charge is -2.21. The number of esters is 2. The second-order valence-corrected chi connectivity index (χ2v) is 15.4. The zero-order valence-electron chi connectivity index (χ0n) is 26.9. The van der Waals surface area contributed by atoms with Crippen molar-refractivity contribution in [3.05, 3.63) is 86.3 Å². The minimum absolute atomic E-state index is 0.00373. The molecule has 1 atom stereocenters. The van der Waals surface area contributed by atoms with Crippen LogP contribution >= 0.6 is 23.2 Å². The van der Waals surface area contributed by atoms with Gasteiger partial charge in [0, 0.05) is 23.8 Å². The largest absolute Gasteiger partial charge is 0.619 e. The molecule has 0 unspecified atom stereocenters. The number of rotatable bonds is 18. The van der Waals surface area contributed by atoms with Crippen LogP contribution in [0.15, 0.2) is 48.8 Å². The van der Waals surface area contributed by atoms with E-state index in [4.69, 9.17) is 42.1 Å². The Balaban J connectivity index is 1.29. The molecular formula is C34H35Cl2F2NO10S. The first-order valence-corrected chi connectivity index (χ1v) is 18.6. The Morgan fingerprint density at radius 3 is 2.14 bits per heavy atom. The van der Waals surface area contributed by atoms with Gasteiger partial charge in [-0.05, 0) is 66.8 Å². The number of alkyl halides is 2. The van der Waals surface area contributed by atoms with E-state index in [-0.39, 0.29) is 58.2 Å². The average molecular weight is 759 g/mol. The zero-order valence-corrected chi connectivity index (χ0v) is 29.3. The Labute approximate surface area is 297 Å². The van der Waals surface area contributed by atoms with E-state index in [1.165, 1.54) is 18.2 Å². The monoisotopic (exact) mass is 757 g/mol. The van der Waals surface area contributed by atoms with Crippen molar-refractivity contribution < 1.29 is 55.2 Å². The van der Waals surface area contributed by atoms with E-state index in [1.807, 2.05) is 0 Å². The fourth-order valence-electron chi connectivity index (χ4n) is 4.98. The van der Waals surface area contributed by atoms with Gasteiger partial charge < -0.3 is 28.9 Å². The van der Waals surface area contributed by atoms with Gasteiger partial charge >= 0.3 is 18.6 Å². The summed E-state index contributed by atoms with van der Waals surface area (Å²) in [7, 11) is -3.41. The first kappa shape index (κ1) is 37.4. The Morgan fingerprint density at radius 1 is 0.920 bits per heavy atom. The molecule has 0 saturated heterocycles. The highest BCUT2D eigenvalue weighted by Crippen LogP contribution is 2.38. The fraction of sp³-hybridized carbons (Fsp3) is 0.441. The molecule has 270 valence electrons. The minimum Gasteiger partial charge on any atom is -0.619 e. The molecule has 0 N–H and O–H groups in total. The summed E-state index contributed by atoms with van der Waals surface area (Å²) in [5, 5.41) is 11.8. The van der Waals surface area contributed by atoms with Gasteiger partial charge in [0.05, 0.1) is 25.4 Å². The standard InChI is InChI=1S/C34H35Cl2F2NO10S/c1-50(43,44)19-24-10-22(6-8-28(24)45-16-20-2-3-20)11-32(40)47-18-33(41)48-30(13-25-26(35)14-39(42)15-27(25)36)23-7-9-29(49-34(37)38)31(12-23)46-17-21-4-5-21/h6-10,12,14-15,20-21,30,34H,2-5,11,13,16-19H2,1H3/t30-/m0/s1. The van der Waals surface area contributed by atoms with Crippen molar-refractivity contribution in [1.82, 2.24) is 0 Å². The lowest BCUT2D eigenvalue weighted by Crippen LogP contribution is -2.26. The molecule has 2 saturated carbocycles. The van der Waals surface area contributed by atoms with Crippen LogP contribution in [-0.2, 0) is 47.5 Å². The number of nitrogens with zero attached hydrogens (tertiary/aromatic N) is 1. The summed E-state index contributed by atoms with van der Waals surface area (Å²) in [5.74, 6) is -1.08. The second-order valence-electron chi connectivity index (χ2n) is 12.4. The van der Waals surface area contributed by atoms with E-state index in [9.17, 15) is 32.0 Å². The smallest absolute Gasteiger partial charge is 0.387 e. The first-order chi connectivity index (χ1) is 23.7. The number of hydrogen-bond donors (Lipinski definition) is 0. The summed E-state index contributed by atoms with van der Waals surface area (Å²) in [5.41, 5.74) is 1.42. The predicted octanol–water partition coefficient (Wildman–Crippen LogP) is 5.96. The van der Waals surface area contributed by atoms with Crippen LogP contribution in [0.3, 0.4) is 0 Å². The fourth-order valence-corrected chi connectivity index (χ4v) is 6.37. The van der Waals surface area contributed by atoms with Gasteiger partial charge in [0.2, 0.25) is 0 Å². The summed E-state index contributed by atoms with van der Waals surface area (Å²) < 4.78 is 77.8. The number of aromatic nitrogens is 1. The van der Waals surface area contributed by atoms with Crippen molar-refractivity contribution >= 4 is 45.0 Å². The molecule has 0 bridgehead atoms. The van der Waals surface area contributed by atoms with Gasteiger partial charge in [-0.15, -0.1) is 0 Å². The molecule has 50 heavy (non-hydrogen) atoms. The van der Waals surface area contributed by atoms with Gasteiger partial charge in [-0.25, -0.2) is 13.2 Å². The van der Waals surface area contributed by atoms with Crippen LogP contribution in [-0.4, -0.2) is 53.0 Å². The molecule has 1 aromatic heterocycles. The molecule has 0 amide bonds. The van der Waals surface area contributed by atoms with Gasteiger partial charge in [0.15, 0.2) is 40.3 Å². The molecule has 5 rings (SSSR count). The SMILES string of the molecule is CS(=O)(=O)Cc1cc(CC(=O)OCC(=O)O[C@@H](Cc2c(Cl)c[n+]([O-])cc2Cl)c2ccc(OC(F)F)c(OCC3CC3)c2)ccc1OCC1CC1. The molecule has 3 aromatic rings. The normalized spacial score (nSPS) is 15.0. The lowest BCUT2D eigenvalue weighted by atomic mass is 10.0. The Morgan fingerprint density at radius 2 is 1.54 bits per heavy atom. The maximum Gasteiger partial charge on any atom is 0.387 e. The first-order valence-electron chi connectivity index (χ1n) is 15.8. The van der Waals surface area contributed by atoms with E-state index in [1.54, 1.807) is 18.2 Å². The maximum atomic E-state index is 13.1. The molecule has 2 aliphatic rings. The highest BCUT2D eigenvalue weighted by Gasteiger charge is 2.27. The molecule has 2 aromatic carbocycles. The minimum atomic E-state index is -3.41. The van der Waals surface area contributed by atoms with Crippen molar-refractivity contribution in [2.75, 3.05) is 26.1 Å². The molecule has 11 nitrogen and oxygen atoms in total. The molecule has 1 heterocycles. The second kappa shape index (κ2) is 16.4. The maximum absolute atomic E-state index is 13.1. The van der Waals surface area contributed by atoms with Crippen molar-refractivity contribution in [1.29, 1.82) is 0 Å². The van der Waals surface area contributed by atoms with Crippen molar-refractivity contribution in [2.24, 2.45) is 11.8 Å². The molecule has 2 fully saturated rings. The highest BCUT2D eigenvalue weighted by molar-refractivity contribution is 7.89. The van der Waals surface area contributed by atoms with Crippen molar-refractivity contribution in [3.8, 4) is 17.2 Å². The highest BCUT2D eigenvalue weighted by atomic mass is 35.5. The molecule has 2 aliphatic carbocycles. The number of benzene rings is 2. The van der Waals surface area contributed by atoms with E-state index in [2.05, 4.69) is 4.74 Å². The topological polar surface area (TPSA) is 141 Å². The Hall–Kier alpha value is -3.88. The zero-order chi connectivity index (χ0) is 36.0. The number of pyridine rings is 1. The van der Waals surface area contributed by atoms with Crippen LogP contribution in [0.1, 0.15) is 54.0 Å². The van der Waals surface area contributed by atoms with Crippen LogP contribution in [0.25, 0.3) is 0 Å². The van der Waals surface area contributed by atoms with Gasteiger partial charge in [0.1, 0.15) is 21.9 Å². The quantitative estimate of drug-likeness (QED) is 0.0867. The van der Waals surface area contributed by atoms with Crippen LogP contribution in [0, 0.1) is 17.0 Å². The van der Waals surface area contributed by atoms with Gasteiger partial charge in [-0.2, -0.15) is 13.5 Å². The van der Waals surface area contributed by atoms with E-state index < -0.39 is 41.1 Å². The van der Waals surface area contributed by atoms with Crippen LogP contribution < -0.4 is 18.9 Å². The van der Waals surface area contributed by atoms with Crippen LogP contribution in [0.2, 0.25) is 10.0 Å². The summed E-state index contributed by atoms with van der Waals surface area (Å²) in [4.78, 5) is 25.8. The van der Waals surface area contributed by atoms with Crippen molar-refractivity contribution in [3.63, 3.8) is 0 Å². The van der Waals surface area contributed by atoms with Gasteiger partial charge in [0.25, 0.3) is 0 Å². The average Bonchev–Trinajstić information content (AvgIpc) is 3.95. The summed E-state index contributed by atoms with van der Waals surface area (Å²) in [6, 6.07) is 8.84. The molecular weight excluding hydrogens is 723 g/mol. The Kier molecular flexibility index (Phi) is 12.3. The number of hydrogen-bond acceptors (Lipinski definition) is 10. The number of carbonyl (C=O) groups is 2. The third kappa shape index (κ3) is 11.6. The number of carbonyl (C=O) groups excluding carboxylic acids is 2. The summed E-state index contributed by atoms with van der Waals surface area (Å²) in [6.45, 7) is -3.15. The molecule has 16 heteroatoms. The van der Waals surface area contributed by atoms with E-state index in [0.717, 1.165) is 44.3 Å². The van der Waals surface area contributed by atoms with Gasteiger partial charge in [-0.3, -0.25) is 4.79 Å². The number of halogens is 4. The number of ether oxygens (including phenoxy) is 5. The van der Waals surface area contributed by atoms with Crippen LogP contribution in [0.5, 0.6) is 17.2 Å². The van der Waals surface area contributed by atoms with Gasteiger partial charge in [-0.1, -0.05) is 41.4 Å². The van der Waals surface area contributed by atoms with E-state index in [0.29, 0.717) is 39.7 Å². The number of sulfone groups is 1. The van der Waals surface area contributed by atoms with Crippen LogP contribution in [0.4, 0.5) is 8.78 Å². The molecule has 0 aliphatic heterocycles. The summed E-state index contributed by atoms with van der Waals surface area (Å²) in [6.07, 6.45) is 5.67. The Bertz CT molecular complexity index is 1800. The predicted molar refractivity (Wildman–Crippen MR) is 177 cm³/mol.